The van der Waals surface area contributed by atoms with Crippen LogP contribution < -0.4 is 10.1 Å². The lowest BCUT2D eigenvalue weighted by atomic mass is 10.1. The highest BCUT2D eigenvalue weighted by molar-refractivity contribution is 5.93. The van der Waals surface area contributed by atoms with Crippen LogP contribution in [0.3, 0.4) is 0 Å². The van der Waals surface area contributed by atoms with Crippen LogP contribution >= 0.6 is 0 Å². The summed E-state index contributed by atoms with van der Waals surface area (Å²) in [4.78, 5) is 4.87. The smallest absolute Gasteiger partial charge is 0.211 e. The topological polar surface area (TPSA) is 64.3 Å². The van der Waals surface area contributed by atoms with Crippen molar-refractivity contribution in [2.45, 2.75) is 25.8 Å². The lowest BCUT2D eigenvalue weighted by Crippen LogP contribution is -2.09. The van der Waals surface area contributed by atoms with Crippen molar-refractivity contribution in [3.05, 3.63) is 48.0 Å². The molecule has 1 N–H and O–H groups in total. The van der Waals surface area contributed by atoms with E-state index in [-0.39, 0.29) is 0 Å². The third kappa shape index (κ3) is 2.45. The van der Waals surface area contributed by atoms with Gasteiger partial charge in [-0.1, -0.05) is 23.8 Å². The number of nitrogens with zero attached hydrogens (tertiary/aromatic N) is 4. The van der Waals surface area contributed by atoms with Crippen LogP contribution in [0.1, 0.15) is 18.4 Å². The van der Waals surface area contributed by atoms with E-state index in [2.05, 4.69) is 34.6 Å². The fourth-order valence-electron chi connectivity index (χ4n) is 3.21. The molecule has 6 nitrogen and oxygen atoms in total. The zero-order valence-electron chi connectivity index (χ0n) is 14.7. The minimum atomic E-state index is 0.481. The number of benzene rings is 2. The van der Waals surface area contributed by atoms with Crippen LogP contribution in [-0.2, 0) is 0 Å². The first-order valence-corrected chi connectivity index (χ1v) is 8.79. The first kappa shape index (κ1) is 15.1. The molecule has 0 atom stereocenters. The summed E-state index contributed by atoms with van der Waals surface area (Å²) in [5.74, 6) is 2.35. The van der Waals surface area contributed by atoms with E-state index >= 15 is 0 Å². The van der Waals surface area contributed by atoms with Gasteiger partial charge in [-0.2, -0.15) is 0 Å². The Kier molecular flexibility index (Phi) is 3.31. The van der Waals surface area contributed by atoms with Gasteiger partial charge in [0.2, 0.25) is 5.95 Å². The first-order chi connectivity index (χ1) is 12.7. The molecule has 0 unspecified atom stereocenters. The van der Waals surface area contributed by atoms with E-state index < -0.39 is 0 Å². The minimum Gasteiger partial charge on any atom is -0.497 e. The standard InChI is InChI=1S/C20H19N5O/c1-12-6-9-17-16(10-12)19-24-23-18(13-4-3-5-15(11-13)26-2)25(19)20(22-17)21-14-7-8-14/h3-6,9-11,14H,7-8H2,1-2H3,(H,21,22). The van der Waals surface area contributed by atoms with Crippen molar-refractivity contribution >= 4 is 22.5 Å². The van der Waals surface area contributed by atoms with Crippen molar-refractivity contribution in [3.63, 3.8) is 0 Å². The van der Waals surface area contributed by atoms with Gasteiger partial charge in [-0.05, 0) is 44.0 Å². The zero-order valence-corrected chi connectivity index (χ0v) is 14.7. The van der Waals surface area contributed by atoms with Gasteiger partial charge < -0.3 is 10.1 Å². The number of methoxy groups -OCH3 is 1. The maximum Gasteiger partial charge on any atom is 0.211 e. The fourth-order valence-corrected chi connectivity index (χ4v) is 3.21. The molecular weight excluding hydrogens is 326 g/mol. The average molecular weight is 345 g/mol. The molecule has 1 saturated carbocycles. The van der Waals surface area contributed by atoms with Gasteiger partial charge in [0.25, 0.3) is 0 Å². The molecule has 0 saturated heterocycles. The van der Waals surface area contributed by atoms with E-state index in [4.69, 9.17) is 9.72 Å². The Balaban J connectivity index is 1.81. The molecule has 0 radical (unpaired) electrons. The lowest BCUT2D eigenvalue weighted by Gasteiger charge is -2.11. The quantitative estimate of drug-likeness (QED) is 0.609. The predicted octanol–water partition coefficient (Wildman–Crippen LogP) is 3.84. The molecule has 1 aliphatic rings. The molecule has 5 rings (SSSR count). The summed E-state index contributed by atoms with van der Waals surface area (Å²) in [5, 5.41) is 13.5. The van der Waals surface area contributed by atoms with Gasteiger partial charge in [-0.3, -0.25) is 0 Å². The summed E-state index contributed by atoms with van der Waals surface area (Å²) >= 11 is 0. The number of aryl methyl sites for hydroxylation is 1. The van der Waals surface area contributed by atoms with Gasteiger partial charge in [-0.25, -0.2) is 9.38 Å². The van der Waals surface area contributed by atoms with Crippen LogP contribution in [0.2, 0.25) is 0 Å². The van der Waals surface area contributed by atoms with E-state index in [1.54, 1.807) is 7.11 Å². The van der Waals surface area contributed by atoms with Crippen LogP contribution in [0.4, 0.5) is 5.95 Å². The monoisotopic (exact) mass is 345 g/mol. The van der Waals surface area contributed by atoms with E-state index in [0.717, 1.165) is 39.6 Å². The lowest BCUT2D eigenvalue weighted by molar-refractivity contribution is 0.415. The molecule has 4 aromatic rings. The van der Waals surface area contributed by atoms with Crippen LogP contribution in [-0.4, -0.2) is 32.7 Å². The van der Waals surface area contributed by atoms with Crippen LogP contribution in [0, 0.1) is 6.92 Å². The number of hydrogen-bond donors (Lipinski definition) is 1. The van der Waals surface area contributed by atoms with Crippen molar-refractivity contribution in [2.24, 2.45) is 0 Å². The summed E-state index contributed by atoms with van der Waals surface area (Å²) in [6.45, 7) is 2.08. The SMILES string of the molecule is COc1cccc(-c2nnc3c4cc(C)ccc4nc(NC4CC4)n23)c1. The van der Waals surface area contributed by atoms with Gasteiger partial charge in [-0.15, -0.1) is 10.2 Å². The van der Waals surface area contributed by atoms with Crippen molar-refractivity contribution in [3.8, 4) is 17.1 Å². The zero-order chi connectivity index (χ0) is 17.7. The summed E-state index contributed by atoms with van der Waals surface area (Å²) < 4.78 is 7.39. The minimum absolute atomic E-state index is 0.481. The third-order valence-electron chi connectivity index (χ3n) is 4.73. The average Bonchev–Trinajstić information content (AvgIpc) is 3.36. The summed E-state index contributed by atoms with van der Waals surface area (Å²) in [6, 6.07) is 14.6. The molecule has 2 aromatic carbocycles. The van der Waals surface area contributed by atoms with E-state index in [0.29, 0.717) is 6.04 Å². The van der Waals surface area contributed by atoms with Crippen LogP contribution in [0.15, 0.2) is 42.5 Å². The van der Waals surface area contributed by atoms with Gasteiger partial charge in [0.15, 0.2) is 11.5 Å². The Hall–Kier alpha value is -3.15. The molecule has 2 heterocycles. The molecule has 0 amide bonds. The van der Waals surface area contributed by atoms with E-state index in [9.17, 15) is 0 Å². The number of fused-ring (bicyclic) bond motifs is 3. The second-order valence-electron chi connectivity index (χ2n) is 6.79. The highest BCUT2D eigenvalue weighted by Crippen LogP contribution is 2.31. The molecule has 1 aliphatic carbocycles. The van der Waals surface area contributed by atoms with Crippen molar-refractivity contribution in [2.75, 3.05) is 12.4 Å². The third-order valence-corrected chi connectivity index (χ3v) is 4.73. The molecule has 1 fully saturated rings. The van der Waals surface area contributed by atoms with Gasteiger partial charge in [0, 0.05) is 17.0 Å². The molecule has 130 valence electrons. The second-order valence-corrected chi connectivity index (χ2v) is 6.79. The van der Waals surface area contributed by atoms with Crippen molar-refractivity contribution in [1.82, 2.24) is 19.6 Å². The van der Waals surface area contributed by atoms with Gasteiger partial charge in [0.05, 0.1) is 12.6 Å². The number of anilines is 1. The maximum atomic E-state index is 5.37. The highest BCUT2D eigenvalue weighted by Gasteiger charge is 2.24. The van der Waals surface area contributed by atoms with Crippen molar-refractivity contribution in [1.29, 1.82) is 0 Å². The number of rotatable bonds is 4. The maximum absolute atomic E-state index is 5.37. The van der Waals surface area contributed by atoms with Crippen LogP contribution in [0.25, 0.3) is 27.9 Å². The fraction of sp³-hybridized carbons (Fsp3) is 0.250. The van der Waals surface area contributed by atoms with Gasteiger partial charge >= 0.3 is 0 Å². The normalized spacial score (nSPS) is 14.1. The number of hydrogen-bond acceptors (Lipinski definition) is 5. The van der Waals surface area contributed by atoms with E-state index in [1.165, 1.54) is 18.4 Å². The Bertz CT molecular complexity index is 1130. The first-order valence-electron chi connectivity index (χ1n) is 8.79. The molecule has 26 heavy (non-hydrogen) atoms. The molecule has 0 spiro atoms. The van der Waals surface area contributed by atoms with Crippen molar-refractivity contribution < 1.29 is 4.74 Å². The van der Waals surface area contributed by atoms with Gasteiger partial charge in [0.1, 0.15) is 5.75 Å². The largest absolute Gasteiger partial charge is 0.497 e. The molecule has 6 heteroatoms. The molecule has 2 aromatic heterocycles. The number of aromatic nitrogens is 4. The Morgan fingerprint density at radius 2 is 2.00 bits per heavy atom. The Labute approximate surface area is 150 Å². The van der Waals surface area contributed by atoms with Crippen LogP contribution in [0.5, 0.6) is 5.75 Å². The molecule has 0 bridgehead atoms. The highest BCUT2D eigenvalue weighted by atomic mass is 16.5. The Morgan fingerprint density at radius 3 is 2.81 bits per heavy atom. The predicted molar refractivity (Wildman–Crippen MR) is 102 cm³/mol. The summed E-state index contributed by atoms with van der Waals surface area (Å²) in [7, 11) is 1.67. The molecular formula is C20H19N5O. The second kappa shape index (κ2) is 5.69. The number of ether oxygens (including phenoxy) is 1. The Morgan fingerprint density at radius 1 is 1.12 bits per heavy atom. The molecule has 0 aliphatic heterocycles. The summed E-state index contributed by atoms with van der Waals surface area (Å²) in [6.07, 6.45) is 2.34. The summed E-state index contributed by atoms with van der Waals surface area (Å²) in [5.41, 5.74) is 3.87. The number of nitrogens with one attached hydrogen (secondary N) is 1. The van der Waals surface area contributed by atoms with E-state index in [1.807, 2.05) is 34.7 Å².